The van der Waals surface area contributed by atoms with Crippen molar-refractivity contribution < 1.29 is 39.5 Å². The minimum atomic E-state index is -6.60. The van der Waals surface area contributed by atoms with Crippen LogP contribution >= 0.6 is 0 Å². The van der Waals surface area contributed by atoms with Crippen LogP contribution in [0.15, 0.2) is 0 Å². The van der Waals surface area contributed by atoms with Crippen molar-refractivity contribution >= 4 is 0 Å². The first-order valence-corrected chi connectivity index (χ1v) is 8.51. The maximum absolute atomic E-state index is 13.7. The van der Waals surface area contributed by atoms with Crippen LogP contribution in [-0.4, -0.2) is 23.9 Å². The van der Waals surface area contributed by atoms with Gasteiger partial charge in [0.1, 0.15) is 0 Å². The van der Waals surface area contributed by atoms with Crippen LogP contribution in [0.4, 0.5) is 39.5 Å². The largest absolute Gasteiger partial charge is 0.457 e. The third-order valence-electron chi connectivity index (χ3n) is 4.18. The van der Waals surface area contributed by atoms with Crippen molar-refractivity contribution in [2.24, 2.45) is 0 Å². The predicted molar refractivity (Wildman–Crippen MR) is 77.4 cm³/mol. The van der Waals surface area contributed by atoms with Crippen molar-refractivity contribution in [1.82, 2.24) is 0 Å². The maximum atomic E-state index is 13.7. The Morgan fingerprint density at radius 2 is 0.840 bits per heavy atom. The Labute approximate surface area is 142 Å². The molecule has 0 aromatic carbocycles. The molecule has 0 aliphatic rings. The second-order valence-electron chi connectivity index (χ2n) is 6.30. The molecular formula is C16H25F9. The first kappa shape index (κ1) is 24.4. The van der Waals surface area contributed by atoms with Gasteiger partial charge in [-0.1, -0.05) is 64.7 Å². The molecule has 0 aromatic heterocycles. The van der Waals surface area contributed by atoms with E-state index in [1.165, 1.54) is 0 Å². The lowest BCUT2D eigenvalue weighted by molar-refractivity contribution is -0.384. The van der Waals surface area contributed by atoms with Gasteiger partial charge in [-0.2, -0.15) is 35.1 Å². The van der Waals surface area contributed by atoms with Gasteiger partial charge in [-0.3, -0.25) is 0 Å². The van der Waals surface area contributed by atoms with Crippen LogP contribution in [0.5, 0.6) is 0 Å². The maximum Gasteiger partial charge on any atom is 0.457 e. The third kappa shape index (κ3) is 6.89. The van der Waals surface area contributed by atoms with E-state index in [0.717, 1.165) is 38.5 Å². The van der Waals surface area contributed by atoms with Crippen molar-refractivity contribution in [2.45, 2.75) is 101 Å². The van der Waals surface area contributed by atoms with Crippen molar-refractivity contribution in [3.63, 3.8) is 0 Å². The summed E-state index contributed by atoms with van der Waals surface area (Å²) in [6, 6.07) is 0. The summed E-state index contributed by atoms with van der Waals surface area (Å²) in [6.45, 7) is 2.06. The van der Waals surface area contributed by atoms with E-state index in [2.05, 4.69) is 6.92 Å². The molecule has 0 saturated heterocycles. The standard InChI is InChI=1S/C16H25F9/c1-2-3-4-5-6-7-8-9-10-11-12-13(17,15(20,21)22)14(18,19)16(23,24)25/h2-12H2,1H3. The van der Waals surface area contributed by atoms with Crippen LogP contribution in [0.25, 0.3) is 0 Å². The summed E-state index contributed by atoms with van der Waals surface area (Å²) in [4.78, 5) is 0. The van der Waals surface area contributed by atoms with E-state index >= 15 is 0 Å². The molecule has 1 atom stereocenters. The highest BCUT2D eigenvalue weighted by Crippen LogP contribution is 2.54. The molecule has 0 aliphatic carbocycles. The van der Waals surface area contributed by atoms with Gasteiger partial charge >= 0.3 is 18.3 Å². The summed E-state index contributed by atoms with van der Waals surface area (Å²) in [5.74, 6) is -6.47. The molecule has 0 spiro atoms. The molecule has 0 radical (unpaired) electrons. The van der Waals surface area contributed by atoms with E-state index in [4.69, 9.17) is 0 Å². The van der Waals surface area contributed by atoms with Gasteiger partial charge < -0.3 is 0 Å². The summed E-state index contributed by atoms with van der Waals surface area (Å²) in [6.07, 6.45) is -8.46. The quantitative estimate of drug-likeness (QED) is 0.237. The Morgan fingerprint density at radius 3 is 1.16 bits per heavy atom. The highest BCUT2D eigenvalue weighted by Gasteiger charge is 2.80. The van der Waals surface area contributed by atoms with E-state index in [9.17, 15) is 39.5 Å². The number of hydrogen-bond donors (Lipinski definition) is 0. The van der Waals surface area contributed by atoms with Gasteiger partial charge in [0, 0.05) is 0 Å². The lowest BCUT2D eigenvalue weighted by atomic mass is 9.89. The molecule has 9 heteroatoms. The molecule has 152 valence electrons. The fourth-order valence-corrected chi connectivity index (χ4v) is 2.56. The van der Waals surface area contributed by atoms with Crippen LogP contribution in [0.1, 0.15) is 77.6 Å². The van der Waals surface area contributed by atoms with E-state index in [-0.39, 0.29) is 6.42 Å². The highest BCUT2D eigenvalue weighted by atomic mass is 19.4. The van der Waals surface area contributed by atoms with Crippen LogP contribution in [0, 0.1) is 0 Å². The Kier molecular flexibility index (Phi) is 9.65. The zero-order valence-electron chi connectivity index (χ0n) is 14.2. The first-order valence-electron chi connectivity index (χ1n) is 8.51. The molecule has 0 amide bonds. The van der Waals surface area contributed by atoms with E-state index in [1.807, 2.05) is 0 Å². The summed E-state index contributed by atoms with van der Waals surface area (Å²) in [7, 11) is 0. The van der Waals surface area contributed by atoms with Gasteiger partial charge in [-0.25, -0.2) is 4.39 Å². The minimum absolute atomic E-state index is 0.0232. The molecule has 0 aromatic rings. The fourth-order valence-electron chi connectivity index (χ4n) is 2.56. The fraction of sp³-hybridized carbons (Fsp3) is 1.00. The van der Waals surface area contributed by atoms with Crippen molar-refractivity contribution in [1.29, 1.82) is 0 Å². The lowest BCUT2D eigenvalue weighted by Gasteiger charge is -2.35. The SMILES string of the molecule is CCCCCCCCCCCCC(F)(C(F)(F)F)C(F)(F)C(F)(F)F. The van der Waals surface area contributed by atoms with Crippen molar-refractivity contribution in [3.05, 3.63) is 0 Å². The number of unbranched alkanes of at least 4 members (excludes halogenated alkanes) is 9. The molecule has 0 aliphatic heterocycles. The molecule has 0 rings (SSSR count). The minimum Gasteiger partial charge on any atom is -0.227 e. The average molecular weight is 388 g/mol. The van der Waals surface area contributed by atoms with E-state index < -0.39 is 36.8 Å². The molecule has 0 N–H and O–H groups in total. The van der Waals surface area contributed by atoms with Crippen molar-refractivity contribution in [3.8, 4) is 0 Å². The number of rotatable bonds is 12. The second kappa shape index (κ2) is 9.90. The molecule has 0 saturated carbocycles. The van der Waals surface area contributed by atoms with Gasteiger partial charge in [-0.15, -0.1) is 0 Å². The predicted octanol–water partition coefficient (Wildman–Crippen LogP) is 7.77. The van der Waals surface area contributed by atoms with Gasteiger partial charge in [-0.05, 0) is 12.8 Å². The zero-order chi connectivity index (χ0) is 19.8. The number of alkyl halides is 9. The molecule has 0 bridgehead atoms. The summed E-state index contributed by atoms with van der Waals surface area (Å²) < 4.78 is 114. The van der Waals surface area contributed by atoms with Gasteiger partial charge in [0.15, 0.2) is 0 Å². The van der Waals surface area contributed by atoms with Crippen LogP contribution < -0.4 is 0 Å². The van der Waals surface area contributed by atoms with Crippen LogP contribution in [0.2, 0.25) is 0 Å². The molecular weight excluding hydrogens is 363 g/mol. The lowest BCUT2D eigenvalue weighted by Crippen LogP contribution is -2.62. The van der Waals surface area contributed by atoms with E-state index in [1.54, 1.807) is 0 Å². The topological polar surface area (TPSA) is 0 Å². The summed E-state index contributed by atoms with van der Waals surface area (Å²) >= 11 is 0. The summed E-state index contributed by atoms with van der Waals surface area (Å²) in [5.41, 5.74) is -5.60. The van der Waals surface area contributed by atoms with Crippen molar-refractivity contribution in [2.75, 3.05) is 0 Å². The van der Waals surface area contributed by atoms with E-state index in [0.29, 0.717) is 12.8 Å². The third-order valence-corrected chi connectivity index (χ3v) is 4.18. The average Bonchev–Trinajstić information content (AvgIpc) is 2.46. The molecule has 25 heavy (non-hydrogen) atoms. The van der Waals surface area contributed by atoms with Crippen LogP contribution in [-0.2, 0) is 0 Å². The normalized spacial score (nSPS) is 16.1. The molecule has 0 fully saturated rings. The Bertz CT molecular complexity index is 360. The highest BCUT2D eigenvalue weighted by molar-refractivity contribution is 5.03. The smallest absolute Gasteiger partial charge is 0.227 e. The summed E-state index contributed by atoms with van der Waals surface area (Å²) in [5, 5.41) is 0. The van der Waals surface area contributed by atoms with Gasteiger partial charge in [0.2, 0.25) is 0 Å². The molecule has 1 unspecified atom stereocenters. The Hall–Kier alpha value is -0.630. The monoisotopic (exact) mass is 388 g/mol. The number of hydrogen-bond acceptors (Lipinski definition) is 0. The van der Waals surface area contributed by atoms with Gasteiger partial charge in [0.25, 0.3) is 5.67 Å². The number of halogens is 9. The first-order chi connectivity index (χ1) is 11.3. The second-order valence-corrected chi connectivity index (χ2v) is 6.30. The Morgan fingerprint density at radius 1 is 0.480 bits per heavy atom. The molecule has 0 nitrogen and oxygen atoms in total. The van der Waals surface area contributed by atoms with Crippen LogP contribution in [0.3, 0.4) is 0 Å². The zero-order valence-corrected chi connectivity index (χ0v) is 14.2. The van der Waals surface area contributed by atoms with Gasteiger partial charge in [0.05, 0.1) is 0 Å². The Balaban J connectivity index is 4.37. The molecule has 0 heterocycles.